The number of nitrogens with zero attached hydrogens (tertiary/aromatic N) is 7. The van der Waals surface area contributed by atoms with Crippen LogP contribution in [0.2, 0.25) is 0 Å². The number of amides is 5. The Hall–Kier alpha value is -6.72. The number of imide groups is 2. The summed E-state index contributed by atoms with van der Waals surface area (Å²) in [5.74, 6) is -0.553. The zero-order valence-electron chi connectivity index (χ0n) is 36.4. The number of anilines is 2. The molecular formula is C48H55N11O6. The van der Waals surface area contributed by atoms with Crippen LogP contribution in [-0.4, -0.2) is 122 Å². The third-order valence-electron chi connectivity index (χ3n) is 13.2. The van der Waals surface area contributed by atoms with Gasteiger partial charge in [0.1, 0.15) is 35.4 Å². The normalized spacial score (nSPS) is 20.5. The summed E-state index contributed by atoms with van der Waals surface area (Å²) in [6.07, 6.45) is 10.0. The van der Waals surface area contributed by atoms with Crippen molar-refractivity contribution in [1.82, 2.24) is 45.1 Å². The molecule has 0 radical (unpaired) electrons. The van der Waals surface area contributed by atoms with Crippen LogP contribution in [0.5, 0.6) is 11.5 Å². The number of hydrogen-bond donors (Lipinski definition) is 4. The van der Waals surface area contributed by atoms with E-state index < -0.39 is 29.7 Å². The van der Waals surface area contributed by atoms with Gasteiger partial charge in [0.2, 0.25) is 17.7 Å². The lowest BCUT2D eigenvalue weighted by atomic mass is 9.90. The highest BCUT2D eigenvalue weighted by Gasteiger charge is 2.45. The van der Waals surface area contributed by atoms with Crippen LogP contribution in [0.1, 0.15) is 91.0 Å². The molecule has 2 saturated heterocycles. The number of unbranched alkanes of at least 4 members (excludes halogenated alkanes) is 3. The molecule has 4 aliphatic rings. The summed E-state index contributed by atoms with van der Waals surface area (Å²) in [6, 6.07) is 22.2. The number of para-hydroxylation sites is 1. The number of carbonyl (C=O) groups is 5. The second-order valence-corrected chi connectivity index (χ2v) is 17.3. The van der Waals surface area contributed by atoms with E-state index in [4.69, 9.17) is 15.6 Å². The number of fused-ring (bicyclic) bond motifs is 2. The van der Waals surface area contributed by atoms with Crippen LogP contribution in [-0.2, 0) is 14.4 Å². The van der Waals surface area contributed by atoms with Crippen molar-refractivity contribution in [2.45, 2.75) is 82.3 Å². The molecule has 5 heterocycles. The smallest absolute Gasteiger partial charge is 0.264 e. The standard InChI is InChI=1S/C48H55N11O6/c49-44-42-43(31-13-19-35(20-14-31)65-34-9-4-3-5-10-34)55-59(45(42)53-30-52-44)33-17-15-32(16-18-33)57-27-25-56(26-28-57)24-7-2-1-6-23-50-40(61)29-51-37-12-8-11-36-41(37)48(64)58(47(36)63)38-21-22-39(60)54-46(38)62/h3-5,8-14,19-20,30,32-33,38,51H,1-2,6-7,15-18,21-29H2,(H,50,61)(H2,49,52,53)(H,54,60,62). The van der Waals surface area contributed by atoms with Crippen LogP contribution in [0, 0.1) is 0 Å². The van der Waals surface area contributed by atoms with Crippen molar-refractivity contribution in [3.8, 4) is 22.8 Å². The molecule has 5 amide bonds. The van der Waals surface area contributed by atoms with Gasteiger partial charge in [-0.15, -0.1) is 0 Å². The Bertz CT molecular complexity index is 2550. The first kappa shape index (κ1) is 43.5. The first-order valence-electron chi connectivity index (χ1n) is 22.9. The Labute approximate surface area is 377 Å². The van der Waals surface area contributed by atoms with Crippen LogP contribution in [0.25, 0.3) is 22.3 Å². The molecular weight excluding hydrogens is 827 g/mol. The molecule has 3 aliphatic heterocycles. The Morgan fingerprint density at radius 3 is 2.29 bits per heavy atom. The number of aromatic nitrogens is 4. The first-order chi connectivity index (χ1) is 31.7. The molecule has 0 bridgehead atoms. The maximum Gasteiger partial charge on any atom is 0.264 e. The number of nitrogen functional groups attached to an aromatic ring is 1. The van der Waals surface area contributed by atoms with E-state index in [0.29, 0.717) is 24.1 Å². The second kappa shape index (κ2) is 19.6. The molecule has 65 heavy (non-hydrogen) atoms. The van der Waals surface area contributed by atoms with Gasteiger partial charge < -0.3 is 26.0 Å². The molecule has 2 aromatic heterocycles. The highest BCUT2D eigenvalue weighted by atomic mass is 16.5. The number of carbonyl (C=O) groups excluding carboxylic acids is 5. The van der Waals surface area contributed by atoms with Crippen LogP contribution in [0.3, 0.4) is 0 Å². The molecule has 3 aromatic carbocycles. The van der Waals surface area contributed by atoms with Gasteiger partial charge in [0.25, 0.3) is 11.8 Å². The van der Waals surface area contributed by atoms with Crippen molar-refractivity contribution in [3.05, 3.63) is 90.3 Å². The summed E-state index contributed by atoms with van der Waals surface area (Å²) in [7, 11) is 0. The number of ether oxygens (including phenoxy) is 1. The van der Waals surface area contributed by atoms with Crippen molar-refractivity contribution >= 4 is 52.1 Å². The summed E-state index contributed by atoms with van der Waals surface area (Å²) in [5.41, 5.74) is 9.60. The van der Waals surface area contributed by atoms with E-state index >= 15 is 0 Å². The zero-order valence-corrected chi connectivity index (χ0v) is 36.4. The molecule has 1 unspecified atom stereocenters. The Morgan fingerprint density at radius 1 is 0.785 bits per heavy atom. The van der Waals surface area contributed by atoms with Gasteiger partial charge in [-0.1, -0.05) is 37.1 Å². The van der Waals surface area contributed by atoms with E-state index in [0.717, 1.165) is 123 Å². The van der Waals surface area contributed by atoms with Gasteiger partial charge in [-0.05, 0) is 100 Å². The van der Waals surface area contributed by atoms with Crippen LogP contribution >= 0.6 is 0 Å². The first-order valence-corrected chi connectivity index (χ1v) is 22.9. The number of nitrogens with two attached hydrogens (primary N) is 1. The van der Waals surface area contributed by atoms with E-state index in [1.54, 1.807) is 12.1 Å². The Kier molecular flexibility index (Phi) is 13.1. The molecule has 1 aliphatic carbocycles. The monoisotopic (exact) mass is 881 g/mol. The number of piperazine rings is 1. The summed E-state index contributed by atoms with van der Waals surface area (Å²) in [6.45, 7) is 5.84. The van der Waals surface area contributed by atoms with E-state index in [2.05, 4.69) is 40.4 Å². The van der Waals surface area contributed by atoms with Gasteiger partial charge in [-0.25, -0.2) is 14.6 Å². The molecule has 1 saturated carbocycles. The highest BCUT2D eigenvalue weighted by molar-refractivity contribution is 6.25. The second-order valence-electron chi connectivity index (χ2n) is 17.3. The molecule has 1 atom stereocenters. The van der Waals surface area contributed by atoms with Gasteiger partial charge in [0.05, 0.1) is 29.1 Å². The predicted octanol–water partition coefficient (Wildman–Crippen LogP) is 5.16. The largest absolute Gasteiger partial charge is 0.457 e. The van der Waals surface area contributed by atoms with E-state index in [9.17, 15) is 24.0 Å². The fourth-order valence-electron chi connectivity index (χ4n) is 9.72. The summed E-state index contributed by atoms with van der Waals surface area (Å²) < 4.78 is 8.10. The quantitative estimate of drug-likeness (QED) is 0.0747. The predicted molar refractivity (Wildman–Crippen MR) is 244 cm³/mol. The van der Waals surface area contributed by atoms with Gasteiger partial charge in [0, 0.05) is 56.4 Å². The average Bonchev–Trinajstić information content (AvgIpc) is 3.84. The molecule has 338 valence electrons. The summed E-state index contributed by atoms with van der Waals surface area (Å²) >= 11 is 0. The van der Waals surface area contributed by atoms with Gasteiger partial charge >= 0.3 is 0 Å². The molecule has 9 rings (SSSR count). The van der Waals surface area contributed by atoms with E-state index in [-0.39, 0.29) is 42.5 Å². The summed E-state index contributed by atoms with van der Waals surface area (Å²) in [4.78, 5) is 78.3. The minimum atomic E-state index is -1.05. The molecule has 5 N–H and O–H groups in total. The van der Waals surface area contributed by atoms with Crippen molar-refractivity contribution in [3.63, 3.8) is 0 Å². The fourth-order valence-corrected chi connectivity index (χ4v) is 9.72. The maximum atomic E-state index is 13.3. The molecule has 0 spiro atoms. The van der Waals surface area contributed by atoms with Gasteiger partial charge in [-0.2, -0.15) is 5.10 Å². The lowest BCUT2D eigenvalue weighted by Gasteiger charge is -2.42. The number of rotatable bonds is 16. The highest BCUT2D eigenvalue weighted by Crippen LogP contribution is 2.38. The fraction of sp³-hybridized carbons (Fsp3) is 0.417. The molecule has 17 heteroatoms. The lowest BCUT2D eigenvalue weighted by molar-refractivity contribution is -0.136. The number of benzene rings is 3. The molecule has 17 nitrogen and oxygen atoms in total. The van der Waals surface area contributed by atoms with Crippen molar-refractivity contribution in [2.75, 3.05) is 56.9 Å². The average molecular weight is 882 g/mol. The van der Waals surface area contributed by atoms with Crippen molar-refractivity contribution < 1.29 is 28.7 Å². The van der Waals surface area contributed by atoms with Gasteiger partial charge in [-0.3, -0.25) is 39.1 Å². The van der Waals surface area contributed by atoms with E-state index in [1.807, 2.05) is 54.6 Å². The minimum absolute atomic E-state index is 0.0455. The third-order valence-corrected chi connectivity index (χ3v) is 13.2. The summed E-state index contributed by atoms with van der Waals surface area (Å²) in [5, 5.41) is 14.1. The SMILES string of the molecule is Nc1ncnc2c1c(-c1ccc(Oc3ccccc3)cc1)nn2C1CCC(N2CCN(CCCCCCNC(=O)CNc3cccc4c3C(=O)N(C3CCC(=O)NC3=O)C4=O)CC2)CC1. The van der Waals surface area contributed by atoms with E-state index in [1.165, 1.54) is 12.4 Å². The third kappa shape index (κ3) is 9.56. The zero-order chi connectivity index (χ0) is 44.9. The maximum absolute atomic E-state index is 13.3. The number of hydrogen-bond acceptors (Lipinski definition) is 13. The van der Waals surface area contributed by atoms with Crippen molar-refractivity contribution in [2.24, 2.45) is 0 Å². The van der Waals surface area contributed by atoms with Crippen molar-refractivity contribution in [1.29, 1.82) is 0 Å². The Morgan fingerprint density at radius 2 is 1.52 bits per heavy atom. The van der Waals surface area contributed by atoms with Crippen LogP contribution < -0.4 is 26.4 Å². The molecule has 5 aromatic rings. The van der Waals surface area contributed by atoms with Gasteiger partial charge in [0.15, 0.2) is 5.65 Å². The number of piperidine rings is 1. The molecule has 3 fully saturated rings. The van der Waals surface area contributed by atoms with Crippen LogP contribution in [0.4, 0.5) is 11.5 Å². The minimum Gasteiger partial charge on any atom is -0.457 e. The lowest BCUT2D eigenvalue weighted by Crippen LogP contribution is -2.54. The topological polar surface area (TPSA) is 210 Å². The Balaban J connectivity index is 0.665. The van der Waals surface area contributed by atoms with Crippen LogP contribution in [0.15, 0.2) is 79.1 Å². The number of nitrogens with one attached hydrogen (secondary N) is 3.